The molecule has 1 amide bonds. The molecule has 0 saturated heterocycles. The van der Waals surface area contributed by atoms with Gasteiger partial charge in [0.05, 0.1) is 6.54 Å². The van der Waals surface area contributed by atoms with Crippen LogP contribution in [0.4, 0.5) is 0 Å². The fraction of sp³-hybridized carbons (Fsp3) is 0.857. The topological polar surface area (TPSA) is 46.3 Å². The van der Waals surface area contributed by atoms with E-state index in [-0.39, 0.29) is 18.5 Å². The van der Waals surface area contributed by atoms with Crippen LogP contribution in [0.25, 0.3) is 0 Å². The molecule has 3 nitrogen and oxygen atoms in total. The normalized spacial score (nSPS) is 12.7. The SMILES string of the molecule is CSCC(C)N(C)C(=O)CN. The maximum atomic E-state index is 11.0. The van der Waals surface area contributed by atoms with Crippen molar-refractivity contribution in [3.05, 3.63) is 0 Å². The number of rotatable bonds is 4. The van der Waals surface area contributed by atoms with Gasteiger partial charge in [0.15, 0.2) is 0 Å². The Morgan fingerprint density at radius 1 is 1.73 bits per heavy atom. The predicted molar refractivity (Wildman–Crippen MR) is 49.7 cm³/mol. The monoisotopic (exact) mass is 176 g/mol. The van der Waals surface area contributed by atoms with Crippen LogP contribution in [0.3, 0.4) is 0 Å². The van der Waals surface area contributed by atoms with Gasteiger partial charge in [0, 0.05) is 18.8 Å². The summed E-state index contributed by atoms with van der Waals surface area (Å²) < 4.78 is 0. The van der Waals surface area contributed by atoms with E-state index >= 15 is 0 Å². The molecule has 0 aromatic carbocycles. The molecular formula is C7H16N2OS. The average molecular weight is 176 g/mol. The van der Waals surface area contributed by atoms with Crippen LogP contribution in [0.1, 0.15) is 6.92 Å². The number of thioether (sulfide) groups is 1. The lowest BCUT2D eigenvalue weighted by Crippen LogP contribution is -2.40. The lowest BCUT2D eigenvalue weighted by atomic mass is 10.3. The molecule has 1 unspecified atom stereocenters. The number of carbonyl (C=O) groups is 1. The number of hydrogen-bond donors (Lipinski definition) is 1. The number of hydrogen-bond acceptors (Lipinski definition) is 3. The van der Waals surface area contributed by atoms with E-state index in [0.717, 1.165) is 5.75 Å². The molecule has 0 aliphatic carbocycles. The minimum atomic E-state index is 0.00606. The van der Waals surface area contributed by atoms with E-state index in [2.05, 4.69) is 0 Å². The van der Waals surface area contributed by atoms with Crippen molar-refractivity contribution in [2.45, 2.75) is 13.0 Å². The highest BCUT2D eigenvalue weighted by molar-refractivity contribution is 7.98. The molecule has 0 heterocycles. The van der Waals surface area contributed by atoms with E-state index < -0.39 is 0 Å². The molecule has 0 bridgehead atoms. The molecule has 0 aromatic rings. The molecule has 0 rings (SSSR count). The summed E-state index contributed by atoms with van der Waals surface area (Å²) >= 11 is 1.73. The van der Waals surface area contributed by atoms with Crippen molar-refractivity contribution in [2.24, 2.45) is 5.73 Å². The summed E-state index contributed by atoms with van der Waals surface area (Å²) in [5.74, 6) is 0.967. The highest BCUT2D eigenvalue weighted by Gasteiger charge is 2.12. The second kappa shape index (κ2) is 5.43. The number of amides is 1. The fourth-order valence-electron chi connectivity index (χ4n) is 0.743. The van der Waals surface area contributed by atoms with Crippen molar-refractivity contribution in [1.82, 2.24) is 4.90 Å². The average Bonchev–Trinajstić information content (AvgIpc) is 2.02. The van der Waals surface area contributed by atoms with E-state index in [9.17, 15) is 4.79 Å². The summed E-state index contributed by atoms with van der Waals surface area (Å²) in [6, 6.07) is 0.279. The molecule has 0 aromatic heterocycles. The quantitative estimate of drug-likeness (QED) is 0.663. The molecule has 0 aliphatic heterocycles. The van der Waals surface area contributed by atoms with E-state index in [0.29, 0.717) is 0 Å². The minimum Gasteiger partial charge on any atom is -0.341 e. The van der Waals surface area contributed by atoms with Crippen LogP contribution in [0.5, 0.6) is 0 Å². The molecule has 0 radical (unpaired) electrons. The first-order chi connectivity index (χ1) is 5.13. The van der Waals surface area contributed by atoms with E-state index in [1.807, 2.05) is 13.2 Å². The number of carbonyl (C=O) groups excluding carboxylic acids is 1. The van der Waals surface area contributed by atoms with Crippen LogP contribution in [-0.4, -0.2) is 42.4 Å². The van der Waals surface area contributed by atoms with Gasteiger partial charge in [-0.3, -0.25) is 4.79 Å². The third-order valence-corrected chi connectivity index (χ3v) is 2.45. The highest BCUT2D eigenvalue weighted by Crippen LogP contribution is 2.02. The van der Waals surface area contributed by atoms with Crippen LogP contribution < -0.4 is 5.73 Å². The summed E-state index contributed by atoms with van der Waals surface area (Å²) in [5.41, 5.74) is 5.21. The second-order valence-corrected chi connectivity index (χ2v) is 3.42. The largest absolute Gasteiger partial charge is 0.341 e. The molecule has 2 N–H and O–H groups in total. The summed E-state index contributed by atoms with van der Waals surface area (Å²) in [7, 11) is 1.79. The lowest BCUT2D eigenvalue weighted by molar-refractivity contribution is -0.129. The fourth-order valence-corrected chi connectivity index (χ4v) is 1.45. The van der Waals surface area contributed by atoms with Gasteiger partial charge in [-0.25, -0.2) is 0 Å². The van der Waals surface area contributed by atoms with E-state index in [1.54, 1.807) is 23.7 Å². The summed E-state index contributed by atoms with van der Waals surface area (Å²) in [4.78, 5) is 12.7. The zero-order chi connectivity index (χ0) is 8.85. The Morgan fingerprint density at radius 2 is 2.27 bits per heavy atom. The van der Waals surface area contributed by atoms with Gasteiger partial charge in [-0.2, -0.15) is 11.8 Å². The molecule has 0 fully saturated rings. The minimum absolute atomic E-state index is 0.00606. The van der Waals surface area contributed by atoms with Crippen LogP contribution in [0.2, 0.25) is 0 Å². The predicted octanol–water partition coefficient (Wildman–Crippen LogP) is 0.155. The molecule has 0 aliphatic rings. The Bertz CT molecular complexity index is 130. The van der Waals surface area contributed by atoms with Gasteiger partial charge >= 0.3 is 0 Å². The summed E-state index contributed by atoms with van der Waals surface area (Å²) in [6.07, 6.45) is 2.03. The van der Waals surface area contributed by atoms with Crippen LogP contribution in [-0.2, 0) is 4.79 Å². The third-order valence-electron chi connectivity index (χ3n) is 1.64. The molecule has 4 heteroatoms. The van der Waals surface area contributed by atoms with Gasteiger partial charge < -0.3 is 10.6 Å². The van der Waals surface area contributed by atoms with Crippen molar-refractivity contribution in [2.75, 3.05) is 25.6 Å². The molecule has 11 heavy (non-hydrogen) atoms. The second-order valence-electron chi connectivity index (χ2n) is 2.51. The van der Waals surface area contributed by atoms with E-state index in [1.165, 1.54) is 0 Å². The van der Waals surface area contributed by atoms with Gasteiger partial charge in [0.2, 0.25) is 5.91 Å². The summed E-state index contributed by atoms with van der Waals surface area (Å²) in [5, 5.41) is 0. The van der Waals surface area contributed by atoms with Crippen molar-refractivity contribution >= 4 is 17.7 Å². The van der Waals surface area contributed by atoms with E-state index in [4.69, 9.17) is 5.73 Å². The van der Waals surface area contributed by atoms with Gasteiger partial charge in [0.25, 0.3) is 0 Å². The Kier molecular flexibility index (Phi) is 5.32. The zero-order valence-corrected chi connectivity index (χ0v) is 8.15. The summed E-state index contributed by atoms with van der Waals surface area (Å²) in [6.45, 7) is 2.12. The molecule has 66 valence electrons. The van der Waals surface area contributed by atoms with Crippen LogP contribution in [0.15, 0.2) is 0 Å². The lowest BCUT2D eigenvalue weighted by Gasteiger charge is -2.23. The zero-order valence-electron chi connectivity index (χ0n) is 7.33. The number of nitrogens with two attached hydrogens (primary N) is 1. The Morgan fingerprint density at radius 3 is 2.64 bits per heavy atom. The van der Waals surface area contributed by atoms with Crippen molar-refractivity contribution < 1.29 is 4.79 Å². The molecule has 0 spiro atoms. The molecule has 0 saturated carbocycles. The first-order valence-electron chi connectivity index (χ1n) is 3.58. The Labute approximate surface area is 72.3 Å². The number of nitrogens with zero attached hydrogens (tertiary/aromatic N) is 1. The Hall–Kier alpha value is -0.220. The highest BCUT2D eigenvalue weighted by atomic mass is 32.2. The first kappa shape index (κ1) is 10.8. The van der Waals surface area contributed by atoms with Gasteiger partial charge in [-0.1, -0.05) is 0 Å². The number of likely N-dealkylation sites (N-methyl/N-ethyl adjacent to an activating group) is 1. The standard InChI is InChI=1S/C7H16N2OS/c1-6(5-11-3)9(2)7(10)4-8/h6H,4-5,8H2,1-3H3. The van der Waals surface area contributed by atoms with Crippen LogP contribution >= 0.6 is 11.8 Å². The molecular weight excluding hydrogens is 160 g/mol. The maximum absolute atomic E-state index is 11.0. The first-order valence-corrected chi connectivity index (χ1v) is 4.97. The van der Waals surface area contributed by atoms with Crippen LogP contribution in [0, 0.1) is 0 Å². The van der Waals surface area contributed by atoms with Crippen molar-refractivity contribution in [3.8, 4) is 0 Å². The van der Waals surface area contributed by atoms with Gasteiger partial charge in [0.1, 0.15) is 0 Å². The molecule has 1 atom stereocenters. The Balaban J connectivity index is 3.80. The maximum Gasteiger partial charge on any atom is 0.236 e. The smallest absolute Gasteiger partial charge is 0.236 e. The third kappa shape index (κ3) is 3.62. The van der Waals surface area contributed by atoms with Gasteiger partial charge in [-0.15, -0.1) is 0 Å². The van der Waals surface area contributed by atoms with Crippen molar-refractivity contribution in [3.63, 3.8) is 0 Å². The van der Waals surface area contributed by atoms with Gasteiger partial charge in [-0.05, 0) is 13.2 Å². The van der Waals surface area contributed by atoms with Crippen molar-refractivity contribution in [1.29, 1.82) is 0 Å².